The van der Waals surface area contributed by atoms with E-state index in [0.29, 0.717) is 12.2 Å². The maximum atomic E-state index is 13.3. The highest BCUT2D eigenvalue weighted by Gasteiger charge is 2.44. The monoisotopic (exact) mass is 383 g/mol. The van der Waals surface area contributed by atoms with E-state index in [-0.39, 0.29) is 30.4 Å². The molecular weight excluding hydrogens is 358 g/mol. The second-order valence-corrected chi connectivity index (χ2v) is 8.02. The molecule has 0 unspecified atom stereocenters. The molecule has 3 aliphatic rings. The lowest BCUT2D eigenvalue weighted by Gasteiger charge is -2.39. The predicted octanol–water partition coefficient (Wildman–Crippen LogP) is 0.786. The van der Waals surface area contributed by atoms with Gasteiger partial charge in [-0.05, 0) is 44.9 Å². The third-order valence-corrected chi connectivity index (χ3v) is 6.43. The molecule has 1 N–H and O–H groups in total. The molecular formula is C19H25N7O2. The molecule has 28 heavy (non-hydrogen) atoms. The van der Waals surface area contributed by atoms with Gasteiger partial charge in [0.1, 0.15) is 19.2 Å². The molecule has 0 saturated carbocycles. The zero-order valence-corrected chi connectivity index (χ0v) is 15.9. The average Bonchev–Trinajstić information content (AvgIpc) is 3.46. The highest BCUT2D eigenvalue weighted by molar-refractivity contribution is 5.94. The Bertz CT molecular complexity index is 875. The number of piperidine rings is 1. The van der Waals surface area contributed by atoms with Crippen LogP contribution in [0.5, 0.6) is 0 Å². The summed E-state index contributed by atoms with van der Waals surface area (Å²) in [6.07, 6.45) is 9.98. The number of carbonyl (C=O) groups excluding carboxylic acids is 2. The zero-order chi connectivity index (χ0) is 19.1. The largest absolute Gasteiger partial charge is 0.336 e. The van der Waals surface area contributed by atoms with Crippen LogP contribution in [0.15, 0.2) is 12.7 Å². The smallest absolute Gasteiger partial charge is 0.274 e. The topological polar surface area (TPSA) is 100 Å². The summed E-state index contributed by atoms with van der Waals surface area (Å²) in [4.78, 5) is 30.0. The van der Waals surface area contributed by atoms with Crippen molar-refractivity contribution in [2.75, 3.05) is 13.1 Å². The SMILES string of the molecule is O=C(Cn1cnnc1)N1CC[C@@H]2[C@H]1CCCN2C(=O)c1n[nH]c2c1CCCC2. The fourth-order valence-electron chi connectivity index (χ4n) is 5.09. The minimum Gasteiger partial charge on any atom is -0.336 e. The van der Waals surface area contributed by atoms with E-state index in [1.807, 2.05) is 9.80 Å². The average molecular weight is 383 g/mol. The normalized spacial score (nSPS) is 24.1. The van der Waals surface area contributed by atoms with E-state index in [1.165, 1.54) is 0 Å². The highest BCUT2D eigenvalue weighted by atomic mass is 16.2. The van der Waals surface area contributed by atoms with Crippen LogP contribution >= 0.6 is 0 Å². The lowest BCUT2D eigenvalue weighted by Crippen LogP contribution is -2.53. The van der Waals surface area contributed by atoms with E-state index in [0.717, 1.165) is 62.7 Å². The molecule has 0 spiro atoms. The lowest BCUT2D eigenvalue weighted by atomic mass is 9.93. The van der Waals surface area contributed by atoms with Gasteiger partial charge < -0.3 is 14.4 Å². The molecule has 148 valence electrons. The van der Waals surface area contributed by atoms with Crippen molar-refractivity contribution >= 4 is 11.8 Å². The lowest BCUT2D eigenvalue weighted by molar-refractivity contribution is -0.133. The van der Waals surface area contributed by atoms with Crippen molar-refractivity contribution < 1.29 is 9.59 Å². The van der Waals surface area contributed by atoms with Crippen molar-refractivity contribution in [2.45, 2.75) is 63.6 Å². The minimum absolute atomic E-state index is 0.0298. The summed E-state index contributed by atoms with van der Waals surface area (Å²) in [5, 5.41) is 15.0. The van der Waals surface area contributed by atoms with Gasteiger partial charge in [0, 0.05) is 24.3 Å². The van der Waals surface area contributed by atoms with Crippen molar-refractivity contribution in [2.24, 2.45) is 0 Å². The number of carbonyl (C=O) groups is 2. The van der Waals surface area contributed by atoms with Crippen molar-refractivity contribution in [1.82, 2.24) is 34.8 Å². The van der Waals surface area contributed by atoms with E-state index >= 15 is 0 Å². The van der Waals surface area contributed by atoms with Crippen LogP contribution < -0.4 is 0 Å². The highest BCUT2D eigenvalue weighted by Crippen LogP contribution is 2.33. The van der Waals surface area contributed by atoms with Gasteiger partial charge in [-0.15, -0.1) is 10.2 Å². The fourth-order valence-corrected chi connectivity index (χ4v) is 5.09. The summed E-state index contributed by atoms with van der Waals surface area (Å²) in [5.41, 5.74) is 2.84. The maximum Gasteiger partial charge on any atom is 0.274 e. The Labute approximate surface area is 163 Å². The number of rotatable bonds is 3. The molecule has 1 aliphatic carbocycles. The molecule has 0 aromatic carbocycles. The Morgan fingerprint density at radius 2 is 1.79 bits per heavy atom. The van der Waals surface area contributed by atoms with Gasteiger partial charge in [0.15, 0.2) is 5.69 Å². The van der Waals surface area contributed by atoms with Crippen LogP contribution in [0, 0.1) is 0 Å². The Morgan fingerprint density at radius 3 is 2.64 bits per heavy atom. The Morgan fingerprint density at radius 1 is 1.00 bits per heavy atom. The third-order valence-electron chi connectivity index (χ3n) is 6.43. The molecule has 9 nitrogen and oxygen atoms in total. The molecule has 2 amide bonds. The molecule has 2 saturated heterocycles. The summed E-state index contributed by atoms with van der Waals surface area (Å²) >= 11 is 0. The van der Waals surface area contributed by atoms with Crippen LogP contribution in [0.2, 0.25) is 0 Å². The summed E-state index contributed by atoms with van der Waals surface area (Å²) in [6.45, 7) is 1.69. The number of aromatic nitrogens is 5. The number of aryl methyl sites for hydroxylation is 1. The van der Waals surface area contributed by atoms with Crippen LogP contribution in [0.1, 0.15) is 53.8 Å². The number of nitrogens with one attached hydrogen (secondary N) is 1. The summed E-state index contributed by atoms with van der Waals surface area (Å²) in [7, 11) is 0. The molecule has 2 aromatic heterocycles. The number of fused-ring (bicyclic) bond motifs is 2. The second kappa shape index (κ2) is 7.03. The number of H-pyrrole nitrogens is 1. The Balaban J connectivity index is 1.33. The first-order valence-corrected chi connectivity index (χ1v) is 10.2. The van der Waals surface area contributed by atoms with Gasteiger partial charge in [-0.2, -0.15) is 5.10 Å². The third kappa shape index (κ3) is 2.89. The molecule has 2 fully saturated rings. The van der Waals surface area contributed by atoms with Gasteiger partial charge in [-0.25, -0.2) is 0 Å². The Hall–Kier alpha value is -2.71. The van der Waals surface area contributed by atoms with Crippen LogP contribution in [0.25, 0.3) is 0 Å². The van der Waals surface area contributed by atoms with Gasteiger partial charge >= 0.3 is 0 Å². The maximum absolute atomic E-state index is 13.3. The van der Waals surface area contributed by atoms with Crippen LogP contribution in [0.3, 0.4) is 0 Å². The number of likely N-dealkylation sites (tertiary alicyclic amines) is 2. The fraction of sp³-hybridized carbons (Fsp3) is 0.632. The molecule has 0 bridgehead atoms. The summed E-state index contributed by atoms with van der Waals surface area (Å²) < 4.78 is 1.69. The standard InChI is InChI=1S/C19H25N7O2/c27-17(10-24-11-20-21-12-24)25-9-7-16-15(25)6-3-8-26(16)19(28)18-13-4-1-2-5-14(13)22-23-18/h11-12,15-16H,1-10H2,(H,22,23)/t15-,16-/m1/s1. The molecule has 5 rings (SSSR count). The van der Waals surface area contributed by atoms with E-state index in [9.17, 15) is 9.59 Å². The summed E-state index contributed by atoms with van der Waals surface area (Å²) in [5.74, 6) is 0.0981. The van der Waals surface area contributed by atoms with Gasteiger partial charge in [-0.1, -0.05) is 0 Å². The van der Waals surface area contributed by atoms with Crippen molar-refractivity contribution in [3.8, 4) is 0 Å². The van der Waals surface area contributed by atoms with Gasteiger partial charge in [0.25, 0.3) is 5.91 Å². The molecule has 4 heterocycles. The quantitative estimate of drug-likeness (QED) is 0.844. The molecule has 2 aromatic rings. The number of amides is 2. The van der Waals surface area contributed by atoms with Gasteiger partial charge in [0.2, 0.25) is 5.91 Å². The van der Waals surface area contributed by atoms with Crippen molar-refractivity contribution in [1.29, 1.82) is 0 Å². The second-order valence-electron chi connectivity index (χ2n) is 8.02. The minimum atomic E-state index is 0.0298. The first-order chi connectivity index (χ1) is 13.7. The van der Waals surface area contributed by atoms with Crippen molar-refractivity contribution in [3.05, 3.63) is 29.6 Å². The molecule has 9 heteroatoms. The van der Waals surface area contributed by atoms with E-state index < -0.39 is 0 Å². The Kier molecular flexibility index (Phi) is 4.37. The number of hydrogen-bond donors (Lipinski definition) is 1. The first-order valence-electron chi connectivity index (χ1n) is 10.2. The number of aromatic amines is 1. The van der Waals surface area contributed by atoms with Gasteiger partial charge in [0.05, 0.1) is 12.1 Å². The van der Waals surface area contributed by atoms with E-state index in [1.54, 1.807) is 17.2 Å². The molecule has 2 aliphatic heterocycles. The zero-order valence-electron chi connectivity index (χ0n) is 15.9. The van der Waals surface area contributed by atoms with Crippen molar-refractivity contribution in [3.63, 3.8) is 0 Å². The summed E-state index contributed by atoms with van der Waals surface area (Å²) in [6, 6.07) is 0.179. The molecule has 0 radical (unpaired) electrons. The first kappa shape index (κ1) is 17.4. The van der Waals surface area contributed by atoms with E-state index in [4.69, 9.17) is 0 Å². The van der Waals surface area contributed by atoms with Crippen LogP contribution in [-0.4, -0.2) is 71.7 Å². The molecule has 2 atom stereocenters. The van der Waals surface area contributed by atoms with Crippen LogP contribution in [-0.2, 0) is 24.2 Å². The van der Waals surface area contributed by atoms with Gasteiger partial charge in [-0.3, -0.25) is 14.7 Å². The number of hydrogen-bond acceptors (Lipinski definition) is 5. The predicted molar refractivity (Wildman–Crippen MR) is 99.4 cm³/mol. The number of nitrogens with zero attached hydrogens (tertiary/aromatic N) is 6. The van der Waals surface area contributed by atoms with Crippen LogP contribution in [0.4, 0.5) is 0 Å². The van der Waals surface area contributed by atoms with E-state index in [2.05, 4.69) is 20.4 Å².